The van der Waals surface area contributed by atoms with Crippen molar-refractivity contribution in [3.05, 3.63) is 34.9 Å². The van der Waals surface area contributed by atoms with Gasteiger partial charge in [0.15, 0.2) is 5.78 Å². The van der Waals surface area contributed by atoms with Crippen molar-refractivity contribution in [3.63, 3.8) is 0 Å². The number of ketones is 1. The van der Waals surface area contributed by atoms with Crippen LogP contribution in [0.1, 0.15) is 73.9 Å². The van der Waals surface area contributed by atoms with E-state index in [9.17, 15) is 14.7 Å². The molecule has 4 saturated carbocycles. The van der Waals surface area contributed by atoms with Gasteiger partial charge in [0.05, 0.1) is 7.11 Å². The Balaban J connectivity index is 1.56. The standard InChI is InChI=1S/C25H31NO4/c1-24(2)13-17-7-21(30-3)19(23(28)29)8-18(17)20(26-24)9-22(27)25-10-14-4-15(11-25)6-16(5-14)12-25/h7-9,14-16,26H,4-6,10-13H2,1-3H3,(H,28,29)/b20-9-. The highest BCUT2D eigenvalue weighted by atomic mass is 16.5. The molecule has 1 aliphatic heterocycles. The van der Waals surface area contributed by atoms with E-state index in [0.29, 0.717) is 23.5 Å². The summed E-state index contributed by atoms with van der Waals surface area (Å²) in [5.74, 6) is 1.72. The summed E-state index contributed by atoms with van der Waals surface area (Å²) in [4.78, 5) is 25.4. The summed E-state index contributed by atoms with van der Waals surface area (Å²) in [5, 5.41) is 13.2. The maximum absolute atomic E-state index is 13.7. The number of nitrogens with one attached hydrogen (secondary N) is 1. The first-order valence-electron chi connectivity index (χ1n) is 11.2. The van der Waals surface area contributed by atoms with E-state index in [0.717, 1.165) is 42.5 Å². The third-order valence-corrected chi connectivity index (χ3v) is 7.89. The van der Waals surface area contributed by atoms with Crippen LogP contribution in [0.25, 0.3) is 5.70 Å². The monoisotopic (exact) mass is 409 g/mol. The van der Waals surface area contributed by atoms with Crippen molar-refractivity contribution in [2.75, 3.05) is 7.11 Å². The zero-order valence-corrected chi connectivity index (χ0v) is 18.1. The van der Waals surface area contributed by atoms with Crippen molar-refractivity contribution in [2.24, 2.45) is 23.2 Å². The number of benzene rings is 1. The van der Waals surface area contributed by atoms with Crippen LogP contribution >= 0.6 is 0 Å². The molecule has 5 aliphatic rings. The molecule has 4 aliphatic carbocycles. The fraction of sp³-hybridized carbons (Fsp3) is 0.600. The zero-order valence-electron chi connectivity index (χ0n) is 18.1. The van der Waals surface area contributed by atoms with E-state index in [1.807, 2.05) is 6.07 Å². The quantitative estimate of drug-likeness (QED) is 0.719. The molecule has 0 amide bonds. The number of fused-ring (bicyclic) bond motifs is 1. The average Bonchev–Trinajstić information content (AvgIpc) is 2.64. The van der Waals surface area contributed by atoms with Gasteiger partial charge in [-0.05, 0) is 94.2 Å². The van der Waals surface area contributed by atoms with Crippen LogP contribution in [-0.2, 0) is 11.2 Å². The smallest absolute Gasteiger partial charge is 0.339 e. The van der Waals surface area contributed by atoms with E-state index < -0.39 is 5.97 Å². The number of carboxylic acid groups (broad SMARTS) is 1. The van der Waals surface area contributed by atoms with Crippen molar-refractivity contribution < 1.29 is 19.4 Å². The number of aromatic carboxylic acids is 1. The lowest BCUT2D eigenvalue weighted by Crippen LogP contribution is -2.50. The number of methoxy groups -OCH3 is 1. The summed E-state index contributed by atoms with van der Waals surface area (Å²) in [6, 6.07) is 3.49. The van der Waals surface area contributed by atoms with Crippen molar-refractivity contribution in [1.82, 2.24) is 5.32 Å². The predicted molar refractivity (Wildman–Crippen MR) is 114 cm³/mol. The first-order valence-corrected chi connectivity index (χ1v) is 11.2. The number of hydrogen-bond donors (Lipinski definition) is 2. The minimum absolute atomic E-state index is 0.130. The number of ether oxygens (including phenoxy) is 1. The van der Waals surface area contributed by atoms with Crippen molar-refractivity contribution >= 4 is 17.4 Å². The molecule has 0 spiro atoms. The van der Waals surface area contributed by atoms with Gasteiger partial charge in [-0.25, -0.2) is 4.79 Å². The Hall–Kier alpha value is -2.30. The first kappa shape index (κ1) is 19.7. The number of carbonyl (C=O) groups excluding carboxylic acids is 1. The Morgan fingerprint density at radius 2 is 1.70 bits per heavy atom. The van der Waals surface area contributed by atoms with Crippen LogP contribution in [0, 0.1) is 23.2 Å². The van der Waals surface area contributed by atoms with Crippen LogP contribution in [0.4, 0.5) is 0 Å². The van der Waals surface area contributed by atoms with Crippen molar-refractivity contribution in [3.8, 4) is 5.75 Å². The first-order chi connectivity index (χ1) is 14.2. The Kier molecular flexibility index (Phi) is 4.32. The lowest BCUT2D eigenvalue weighted by molar-refractivity contribution is -0.138. The largest absolute Gasteiger partial charge is 0.496 e. The number of hydrogen-bond acceptors (Lipinski definition) is 4. The Morgan fingerprint density at radius 1 is 1.10 bits per heavy atom. The molecule has 160 valence electrons. The molecule has 0 saturated heterocycles. The summed E-state index contributed by atoms with van der Waals surface area (Å²) in [6.07, 6.45) is 9.53. The summed E-state index contributed by atoms with van der Waals surface area (Å²) in [5.41, 5.74) is 2.29. The second-order valence-corrected chi connectivity index (χ2v) is 10.8. The molecule has 0 aromatic heterocycles. The van der Waals surface area contributed by atoms with Crippen LogP contribution in [0.5, 0.6) is 5.75 Å². The molecule has 0 radical (unpaired) electrons. The summed E-state index contributed by atoms with van der Waals surface area (Å²) in [7, 11) is 1.49. The highest BCUT2D eigenvalue weighted by Gasteiger charge is 2.54. The van der Waals surface area contributed by atoms with Gasteiger partial charge in [0.2, 0.25) is 0 Å². The molecular weight excluding hydrogens is 378 g/mol. The van der Waals surface area contributed by atoms with E-state index in [1.165, 1.54) is 26.4 Å². The molecule has 4 fully saturated rings. The number of rotatable bonds is 4. The van der Waals surface area contributed by atoms with E-state index >= 15 is 0 Å². The Morgan fingerprint density at radius 3 is 2.23 bits per heavy atom. The summed E-state index contributed by atoms with van der Waals surface area (Å²) >= 11 is 0. The normalized spacial score (nSPS) is 34.4. The third-order valence-electron chi connectivity index (χ3n) is 7.89. The average molecular weight is 410 g/mol. The van der Waals surface area contributed by atoms with Crippen LogP contribution in [-0.4, -0.2) is 29.5 Å². The highest BCUT2D eigenvalue weighted by molar-refractivity contribution is 6.02. The van der Waals surface area contributed by atoms with Crippen LogP contribution in [0.2, 0.25) is 0 Å². The molecule has 1 aromatic rings. The van der Waals surface area contributed by atoms with Gasteiger partial charge in [-0.3, -0.25) is 4.79 Å². The van der Waals surface area contributed by atoms with Crippen LogP contribution < -0.4 is 10.1 Å². The maximum Gasteiger partial charge on any atom is 0.339 e. The van der Waals surface area contributed by atoms with Gasteiger partial charge in [0, 0.05) is 28.3 Å². The minimum Gasteiger partial charge on any atom is -0.496 e. The fourth-order valence-electron chi connectivity index (χ4n) is 7.12. The van der Waals surface area contributed by atoms with Gasteiger partial charge in [0.1, 0.15) is 11.3 Å². The highest BCUT2D eigenvalue weighted by Crippen LogP contribution is 2.60. The number of carboxylic acids is 1. The van der Waals surface area contributed by atoms with Gasteiger partial charge < -0.3 is 15.2 Å². The van der Waals surface area contributed by atoms with E-state index in [2.05, 4.69) is 19.2 Å². The molecule has 5 heteroatoms. The van der Waals surface area contributed by atoms with E-state index in [1.54, 1.807) is 12.1 Å². The van der Waals surface area contributed by atoms with Gasteiger partial charge in [-0.1, -0.05) is 0 Å². The molecule has 0 atom stereocenters. The number of allylic oxidation sites excluding steroid dienone is 1. The molecule has 1 aromatic carbocycles. The molecule has 1 heterocycles. The third kappa shape index (κ3) is 3.14. The molecule has 6 rings (SSSR count). The molecule has 30 heavy (non-hydrogen) atoms. The Bertz CT molecular complexity index is 923. The van der Waals surface area contributed by atoms with E-state index in [-0.39, 0.29) is 22.3 Å². The van der Waals surface area contributed by atoms with Gasteiger partial charge in [0.25, 0.3) is 0 Å². The molecule has 0 unspecified atom stereocenters. The number of carbonyl (C=O) groups is 2. The second-order valence-electron chi connectivity index (χ2n) is 10.8. The van der Waals surface area contributed by atoms with Crippen LogP contribution in [0.15, 0.2) is 18.2 Å². The zero-order chi connectivity index (χ0) is 21.3. The topological polar surface area (TPSA) is 75.6 Å². The fourth-order valence-corrected chi connectivity index (χ4v) is 7.12. The second kappa shape index (κ2) is 6.60. The van der Waals surface area contributed by atoms with Crippen LogP contribution in [0.3, 0.4) is 0 Å². The summed E-state index contributed by atoms with van der Waals surface area (Å²) < 4.78 is 5.33. The molecular formula is C25H31NO4. The maximum atomic E-state index is 13.7. The van der Waals surface area contributed by atoms with Crippen molar-refractivity contribution in [2.45, 2.75) is 64.3 Å². The summed E-state index contributed by atoms with van der Waals surface area (Å²) in [6.45, 7) is 4.22. The molecule has 5 nitrogen and oxygen atoms in total. The van der Waals surface area contributed by atoms with Crippen molar-refractivity contribution in [1.29, 1.82) is 0 Å². The lowest BCUT2D eigenvalue weighted by Gasteiger charge is -2.55. The van der Waals surface area contributed by atoms with Gasteiger partial charge >= 0.3 is 5.97 Å². The Labute approximate surface area is 177 Å². The SMILES string of the molecule is COc1cc2c(cc1C(=O)O)/C(=C/C(=O)C13CC4CC(CC(C4)C1)C3)NC(C)(C)C2. The minimum atomic E-state index is -1.02. The van der Waals surface area contributed by atoms with E-state index in [4.69, 9.17) is 4.74 Å². The molecule has 4 bridgehead atoms. The predicted octanol–water partition coefficient (Wildman–Crippen LogP) is 4.44. The lowest BCUT2D eigenvalue weighted by atomic mass is 9.48. The van der Waals surface area contributed by atoms with Gasteiger partial charge in [-0.2, -0.15) is 0 Å². The van der Waals surface area contributed by atoms with Gasteiger partial charge in [-0.15, -0.1) is 0 Å². The molecule has 2 N–H and O–H groups in total.